The Morgan fingerprint density at radius 2 is 1.76 bits per heavy atom. The van der Waals surface area contributed by atoms with Crippen molar-refractivity contribution in [1.29, 1.82) is 0 Å². The molecular formula is C14H28N2O8S. The molecule has 148 valence electrons. The molecule has 1 aliphatic heterocycles. The second kappa shape index (κ2) is 8.71. The monoisotopic (exact) mass is 384 g/mol. The molecule has 1 heterocycles. The van der Waals surface area contributed by atoms with Crippen LogP contribution in [0.5, 0.6) is 0 Å². The number of carbonyl (C=O) groups is 1. The fourth-order valence-corrected chi connectivity index (χ4v) is 3.11. The fourth-order valence-electron chi connectivity index (χ4n) is 2.63. The van der Waals surface area contributed by atoms with E-state index in [4.69, 9.17) is 4.74 Å². The number of nitrogens with zero attached hydrogens (tertiary/aromatic N) is 1. The smallest absolute Gasteiger partial charge is 0.252 e. The average molecular weight is 384 g/mol. The van der Waals surface area contributed by atoms with Crippen LogP contribution >= 0.6 is 0 Å². The second-order valence-corrected chi connectivity index (χ2v) is 8.55. The Morgan fingerprint density at radius 1 is 1.16 bits per heavy atom. The van der Waals surface area contributed by atoms with Crippen LogP contribution in [0.25, 0.3) is 0 Å². The van der Waals surface area contributed by atoms with Crippen LogP contribution in [0.4, 0.5) is 0 Å². The fraction of sp³-hybridized carbons (Fsp3) is 0.929. The van der Waals surface area contributed by atoms with Crippen LogP contribution < -0.4 is 5.32 Å². The maximum absolute atomic E-state index is 12.1. The second-order valence-electron chi connectivity index (χ2n) is 7.02. The van der Waals surface area contributed by atoms with Crippen LogP contribution in [0.3, 0.4) is 0 Å². The number of carbonyl (C=O) groups excluding carboxylic acids is 1. The van der Waals surface area contributed by atoms with Gasteiger partial charge in [0, 0.05) is 12.2 Å². The lowest BCUT2D eigenvalue weighted by atomic mass is 9.95. The minimum atomic E-state index is -4.23. The molecule has 0 radical (unpaired) electrons. The van der Waals surface area contributed by atoms with Crippen molar-refractivity contribution >= 4 is 16.0 Å². The predicted molar refractivity (Wildman–Crippen MR) is 86.4 cm³/mol. The Kier molecular flexibility index (Phi) is 7.74. The highest BCUT2D eigenvalue weighted by molar-refractivity contribution is 7.85. The van der Waals surface area contributed by atoms with Crippen LogP contribution in [0.15, 0.2) is 0 Å². The van der Waals surface area contributed by atoms with Gasteiger partial charge in [0.2, 0.25) is 0 Å². The van der Waals surface area contributed by atoms with E-state index in [2.05, 4.69) is 5.32 Å². The molecule has 2 unspecified atom stereocenters. The molecule has 0 aliphatic carbocycles. The Bertz CT molecular complexity index is 553. The highest BCUT2D eigenvalue weighted by Crippen LogP contribution is 2.21. The van der Waals surface area contributed by atoms with E-state index in [1.54, 1.807) is 0 Å². The summed E-state index contributed by atoms with van der Waals surface area (Å²) in [6.07, 6.45) is -6.13. The Morgan fingerprint density at radius 3 is 2.32 bits per heavy atom. The molecule has 1 fully saturated rings. The van der Waals surface area contributed by atoms with Crippen molar-refractivity contribution in [2.24, 2.45) is 0 Å². The zero-order chi connectivity index (χ0) is 19.4. The summed E-state index contributed by atoms with van der Waals surface area (Å²) in [6.45, 7) is 2.63. The standard InChI is InChI=1S/C14H28N2O8S/c1-9-10(17)11(18)12(19)13(24-9)14(20)15-5-7-16(2,3)6-4-8-25(21,22)23/h9-13,17-19H,4-8H2,1-3H3,(H-,15,20,21,22,23)/t9?,10-,11+,12-,13?/m0/s1. The van der Waals surface area contributed by atoms with Gasteiger partial charge >= 0.3 is 0 Å². The summed E-state index contributed by atoms with van der Waals surface area (Å²) >= 11 is 0. The van der Waals surface area contributed by atoms with Crippen LogP contribution in [-0.2, 0) is 19.6 Å². The molecule has 0 aromatic carbocycles. The van der Waals surface area contributed by atoms with Crippen molar-refractivity contribution in [3.05, 3.63) is 0 Å². The molecule has 0 bridgehead atoms. The third-order valence-corrected chi connectivity index (χ3v) is 5.07. The van der Waals surface area contributed by atoms with E-state index in [1.165, 1.54) is 6.92 Å². The number of nitrogens with one attached hydrogen (secondary N) is 1. The third-order valence-electron chi connectivity index (χ3n) is 4.28. The van der Waals surface area contributed by atoms with Crippen LogP contribution in [-0.4, -0.2) is 109 Å². The lowest BCUT2D eigenvalue weighted by Crippen LogP contribution is -2.61. The summed E-state index contributed by atoms with van der Waals surface area (Å²) < 4.78 is 37.5. The maximum Gasteiger partial charge on any atom is 0.252 e. The quantitative estimate of drug-likeness (QED) is 0.254. The number of aliphatic hydroxyl groups is 3. The van der Waals surface area contributed by atoms with Gasteiger partial charge in [0.25, 0.3) is 5.91 Å². The van der Waals surface area contributed by atoms with E-state index in [9.17, 15) is 33.1 Å². The van der Waals surface area contributed by atoms with Gasteiger partial charge < -0.3 is 34.4 Å². The van der Waals surface area contributed by atoms with Gasteiger partial charge in [0.05, 0.1) is 50.0 Å². The minimum Gasteiger partial charge on any atom is -0.748 e. The number of ether oxygens (including phenoxy) is 1. The van der Waals surface area contributed by atoms with Gasteiger partial charge in [-0.25, -0.2) is 8.42 Å². The van der Waals surface area contributed by atoms with Crippen molar-refractivity contribution in [2.75, 3.05) is 39.5 Å². The van der Waals surface area contributed by atoms with Crippen molar-refractivity contribution in [2.45, 2.75) is 43.9 Å². The van der Waals surface area contributed by atoms with E-state index >= 15 is 0 Å². The first-order valence-corrected chi connectivity index (χ1v) is 9.65. The van der Waals surface area contributed by atoms with E-state index < -0.39 is 52.3 Å². The summed E-state index contributed by atoms with van der Waals surface area (Å²) in [5.74, 6) is -1.03. The number of likely N-dealkylation sites (N-methyl/N-ethyl adjacent to an activating group) is 1. The molecule has 11 heteroatoms. The molecular weight excluding hydrogens is 356 g/mol. The summed E-state index contributed by atoms with van der Waals surface area (Å²) in [6, 6.07) is 0. The molecule has 0 spiro atoms. The van der Waals surface area contributed by atoms with Gasteiger partial charge in [-0.3, -0.25) is 4.79 Å². The SMILES string of the molecule is CC1OC(C(=O)NCC[N+](C)(C)CCCS(=O)(=O)[O-])[C@@H](O)[C@H](O)[C@H]1O. The molecule has 1 amide bonds. The van der Waals surface area contributed by atoms with E-state index in [0.29, 0.717) is 17.6 Å². The Hall–Kier alpha value is -0.820. The number of rotatable bonds is 8. The topological polar surface area (TPSA) is 156 Å². The Balaban J connectivity index is 2.43. The highest BCUT2D eigenvalue weighted by Gasteiger charge is 2.44. The first-order valence-electron chi connectivity index (χ1n) is 8.07. The van der Waals surface area contributed by atoms with Crippen LogP contribution in [0.1, 0.15) is 13.3 Å². The maximum atomic E-state index is 12.1. The molecule has 0 aromatic heterocycles. The molecule has 0 aromatic rings. The van der Waals surface area contributed by atoms with Gasteiger partial charge in [-0.1, -0.05) is 0 Å². The number of hydrogen-bond acceptors (Lipinski definition) is 8. The zero-order valence-electron chi connectivity index (χ0n) is 14.7. The van der Waals surface area contributed by atoms with Crippen molar-refractivity contribution < 1.29 is 42.3 Å². The molecule has 25 heavy (non-hydrogen) atoms. The van der Waals surface area contributed by atoms with Crippen LogP contribution in [0, 0.1) is 0 Å². The van der Waals surface area contributed by atoms with Gasteiger partial charge in [-0.2, -0.15) is 0 Å². The van der Waals surface area contributed by atoms with E-state index in [-0.39, 0.29) is 13.0 Å². The highest BCUT2D eigenvalue weighted by atomic mass is 32.2. The van der Waals surface area contributed by atoms with Gasteiger partial charge in [0.1, 0.15) is 18.3 Å². The Labute approximate surface area is 147 Å². The third kappa shape index (κ3) is 7.13. The molecule has 1 rings (SSSR count). The van der Waals surface area contributed by atoms with Gasteiger partial charge in [0.15, 0.2) is 6.10 Å². The molecule has 10 nitrogen and oxygen atoms in total. The summed E-state index contributed by atoms with van der Waals surface area (Å²) in [4.78, 5) is 12.1. The lowest BCUT2D eigenvalue weighted by Gasteiger charge is -2.38. The molecule has 0 saturated carbocycles. The predicted octanol–water partition coefficient (Wildman–Crippen LogP) is -3.02. The number of quaternary nitrogens is 1. The van der Waals surface area contributed by atoms with Crippen LogP contribution in [0.2, 0.25) is 0 Å². The molecule has 1 saturated heterocycles. The largest absolute Gasteiger partial charge is 0.748 e. The van der Waals surface area contributed by atoms with Crippen molar-refractivity contribution in [3.63, 3.8) is 0 Å². The van der Waals surface area contributed by atoms with Crippen molar-refractivity contribution in [3.8, 4) is 0 Å². The summed E-state index contributed by atoms with van der Waals surface area (Å²) in [5.41, 5.74) is 0. The first kappa shape index (κ1) is 22.2. The molecule has 5 atom stereocenters. The number of amides is 1. The van der Waals surface area contributed by atoms with Gasteiger partial charge in [-0.05, 0) is 6.92 Å². The molecule has 4 N–H and O–H groups in total. The van der Waals surface area contributed by atoms with Crippen molar-refractivity contribution in [1.82, 2.24) is 5.32 Å². The van der Waals surface area contributed by atoms with E-state index in [1.807, 2.05) is 14.1 Å². The number of hydrogen-bond donors (Lipinski definition) is 4. The summed E-state index contributed by atoms with van der Waals surface area (Å²) in [7, 11) is -0.572. The van der Waals surface area contributed by atoms with E-state index in [0.717, 1.165) is 0 Å². The zero-order valence-corrected chi connectivity index (χ0v) is 15.5. The number of aliphatic hydroxyl groups excluding tert-OH is 3. The first-order chi connectivity index (χ1) is 11.3. The average Bonchev–Trinajstić information content (AvgIpc) is 2.46. The molecule has 1 aliphatic rings. The normalized spacial score (nSPS) is 30.9. The lowest BCUT2D eigenvalue weighted by molar-refractivity contribution is -0.889. The van der Waals surface area contributed by atoms with Gasteiger partial charge in [-0.15, -0.1) is 0 Å². The summed E-state index contributed by atoms with van der Waals surface area (Å²) in [5, 5.41) is 31.8. The minimum absolute atomic E-state index is 0.221.